The smallest absolute Gasteiger partial charge is 0.217 e. The van der Waals surface area contributed by atoms with Crippen LogP contribution in [0.3, 0.4) is 0 Å². The minimum atomic E-state index is -0.681. The van der Waals surface area contributed by atoms with E-state index in [4.69, 9.17) is 5.73 Å². The number of aliphatic hydroxyl groups excluding tert-OH is 3. The van der Waals surface area contributed by atoms with Crippen LogP contribution in [-0.2, 0) is 11.2 Å². The summed E-state index contributed by atoms with van der Waals surface area (Å²) in [6.07, 6.45) is 9.93. The molecule has 1 amide bonds. The van der Waals surface area contributed by atoms with Gasteiger partial charge in [-0.3, -0.25) is 4.79 Å². The fraction of sp³-hybridized carbons (Fsp3) is 0.591. The first kappa shape index (κ1) is 22.7. The fourth-order valence-electron chi connectivity index (χ4n) is 3.87. The predicted molar refractivity (Wildman–Crippen MR) is 113 cm³/mol. The van der Waals surface area contributed by atoms with E-state index < -0.39 is 17.6 Å². The first-order chi connectivity index (χ1) is 13.3. The van der Waals surface area contributed by atoms with E-state index in [1.165, 1.54) is 9.75 Å². The van der Waals surface area contributed by atoms with Gasteiger partial charge in [-0.15, -0.1) is 11.3 Å². The maximum absolute atomic E-state index is 10.8. The zero-order valence-electron chi connectivity index (χ0n) is 16.6. The predicted octanol–water partition coefficient (Wildman–Crippen LogP) is 3.93. The zero-order chi connectivity index (χ0) is 20.6. The molecule has 1 fully saturated rings. The van der Waals surface area contributed by atoms with Crippen LogP contribution in [0.2, 0.25) is 0 Å². The Morgan fingerprint density at radius 2 is 2.07 bits per heavy atom. The highest BCUT2D eigenvalue weighted by Gasteiger charge is 2.44. The molecule has 28 heavy (non-hydrogen) atoms. The number of unbranched alkanes of at least 4 members (excludes halogenated alkanes) is 1. The van der Waals surface area contributed by atoms with Crippen LogP contribution in [0, 0.1) is 12.3 Å². The monoisotopic (exact) mass is 407 g/mol. The van der Waals surface area contributed by atoms with E-state index in [9.17, 15) is 20.1 Å². The second-order valence-corrected chi connectivity index (χ2v) is 9.25. The van der Waals surface area contributed by atoms with Crippen molar-refractivity contribution in [3.8, 4) is 0 Å². The average Bonchev–Trinajstić information content (AvgIpc) is 3.13. The quantitative estimate of drug-likeness (QED) is 0.253. The van der Waals surface area contributed by atoms with E-state index in [-0.39, 0.29) is 11.7 Å². The molecule has 0 radical (unpaired) electrons. The summed E-state index contributed by atoms with van der Waals surface area (Å²) in [4.78, 5) is 13.4. The molecule has 0 aromatic carbocycles. The van der Waals surface area contributed by atoms with Crippen molar-refractivity contribution in [2.75, 3.05) is 0 Å². The third-order valence-corrected chi connectivity index (χ3v) is 6.40. The third kappa shape index (κ3) is 7.08. The molecule has 1 aliphatic carbocycles. The van der Waals surface area contributed by atoms with Crippen LogP contribution in [0.25, 0.3) is 0 Å². The van der Waals surface area contributed by atoms with Gasteiger partial charge < -0.3 is 21.1 Å². The Labute approximate surface area is 171 Å². The highest BCUT2D eigenvalue weighted by Crippen LogP contribution is 2.44. The Kier molecular flexibility index (Phi) is 8.73. The van der Waals surface area contributed by atoms with E-state index in [2.05, 4.69) is 19.1 Å². The van der Waals surface area contributed by atoms with E-state index in [1.54, 1.807) is 17.4 Å². The minimum absolute atomic E-state index is 0.281. The zero-order valence-corrected chi connectivity index (χ0v) is 17.5. The van der Waals surface area contributed by atoms with Gasteiger partial charge >= 0.3 is 0 Å². The van der Waals surface area contributed by atoms with E-state index in [0.717, 1.165) is 19.3 Å². The normalized spacial score (nSPS) is 25.6. The lowest BCUT2D eigenvalue weighted by atomic mass is 9.79. The Morgan fingerprint density at radius 3 is 2.68 bits per heavy atom. The topological polar surface area (TPSA) is 104 Å². The van der Waals surface area contributed by atoms with Crippen molar-refractivity contribution >= 4 is 17.2 Å². The maximum Gasteiger partial charge on any atom is 0.217 e. The van der Waals surface area contributed by atoms with Gasteiger partial charge in [0.25, 0.3) is 0 Å². The Bertz CT molecular complexity index is 696. The highest BCUT2D eigenvalue weighted by atomic mass is 32.1. The number of nitrogens with two attached hydrogens (primary N) is 1. The number of thiophene rings is 1. The molecule has 0 saturated heterocycles. The first-order valence-corrected chi connectivity index (χ1v) is 10.9. The summed E-state index contributed by atoms with van der Waals surface area (Å²) in [5.74, 6) is -0.0201. The largest absolute Gasteiger partial charge is 0.513 e. The number of carbonyl (C=O) groups excluding carboxylic acids is 1. The standard InChI is InChI=1S/C22H33NO4S/c1-16-10-11-19(28-16)8-6-7-17(24)14-22(15-18(25)13-20(22)26)12-5-3-2-4-9-21(23)27/h3,5,10-11,14,18,20,24-26H,2,4,6-9,12-13,15H2,1H3,(H2,23,27)/b5-3-,17-14+/t18-,20+,22?/m0/s1. The molecule has 1 aromatic heterocycles. The first-order valence-electron chi connectivity index (χ1n) is 10.1. The summed E-state index contributed by atoms with van der Waals surface area (Å²) >= 11 is 1.78. The van der Waals surface area contributed by atoms with Crippen molar-refractivity contribution in [3.05, 3.63) is 45.9 Å². The number of aryl methyl sites for hydroxylation is 2. The number of allylic oxidation sites excluding steroid dienone is 3. The SMILES string of the molecule is Cc1ccc(CCC/C(O)=C\C2(C/C=C\CCCC(N)=O)C[C@@H](O)C[C@H]2O)s1. The summed E-state index contributed by atoms with van der Waals surface area (Å²) in [7, 11) is 0. The Hall–Kier alpha value is -1.63. The molecule has 0 aliphatic heterocycles. The number of aliphatic hydroxyl groups is 3. The van der Waals surface area contributed by atoms with Crippen molar-refractivity contribution in [1.82, 2.24) is 0 Å². The summed E-state index contributed by atoms with van der Waals surface area (Å²) < 4.78 is 0. The number of primary amides is 1. The molecule has 1 heterocycles. The lowest BCUT2D eigenvalue weighted by Gasteiger charge is -2.28. The third-order valence-electron chi connectivity index (χ3n) is 5.34. The molecule has 1 unspecified atom stereocenters. The lowest BCUT2D eigenvalue weighted by Crippen LogP contribution is -2.28. The van der Waals surface area contributed by atoms with Crippen LogP contribution in [-0.4, -0.2) is 33.4 Å². The summed E-state index contributed by atoms with van der Waals surface area (Å²) in [5.41, 5.74) is 4.50. The van der Waals surface area contributed by atoms with Crippen LogP contribution < -0.4 is 5.73 Å². The van der Waals surface area contributed by atoms with Crippen LogP contribution in [0.15, 0.2) is 36.1 Å². The van der Waals surface area contributed by atoms with Gasteiger partial charge in [-0.25, -0.2) is 0 Å². The molecule has 1 saturated carbocycles. The molecular formula is C22H33NO4S. The molecule has 3 atom stereocenters. The van der Waals surface area contributed by atoms with Crippen LogP contribution >= 0.6 is 11.3 Å². The van der Waals surface area contributed by atoms with Gasteiger partial charge in [-0.1, -0.05) is 12.2 Å². The van der Waals surface area contributed by atoms with Gasteiger partial charge in [0, 0.05) is 34.4 Å². The summed E-state index contributed by atoms with van der Waals surface area (Å²) in [6, 6.07) is 4.24. The fourth-order valence-corrected chi connectivity index (χ4v) is 4.80. The van der Waals surface area contributed by atoms with Crippen LogP contribution in [0.1, 0.15) is 61.1 Å². The molecule has 5 nitrogen and oxygen atoms in total. The molecule has 1 aliphatic rings. The molecule has 156 valence electrons. The molecule has 5 N–H and O–H groups in total. The molecule has 1 aromatic rings. The molecule has 2 rings (SSSR count). The number of hydrogen-bond acceptors (Lipinski definition) is 5. The van der Waals surface area contributed by atoms with Gasteiger partial charge in [0.05, 0.1) is 18.0 Å². The van der Waals surface area contributed by atoms with Gasteiger partial charge in [0.1, 0.15) is 0 Å². The minimum Gasteiger partial charge on any atom is -0.513 e. The number of carbonyl (C=O) groups is 1. The van der Waals surface area contributed by atoms with Gasteiger partial charge in [-0.2, -0.15) is 0 Å². The van der Waals surface area contributed by atoms with Crippen molar-refractivity contribution in [2.24, 2.45) is 11.1 Å². The lowest BCUT2D eigenvalue weighted by molar-refractivity contribution is -0.118. The van der Waals surface area contributed by atoms with E-state index >= 15 is 0 Å². The van der Waals surface area contributed by atoms with Crippen molar-refractivity contribution in [1.29, 1.82) is 0 Å². The average molecular weight is 408 g/mol. The van der Waals surface area contributed by atoms with Crippen molar-refractivity contribution < 1.29 is 20.1 Å². The summed E-state index contributed by atoms with van der Waals surface area (Å²) in [6.45, 7) is 2.09. The second kappa shape index (κ2) is 10.8. The van der Waals surface area contributed by atoms with Gasteiger partial charge in [0.2, 0.25) is 5.91 Å². The number of rotatable bonds is 11. The Morgan fingerprint density at radius 1 is 1.29 bits per heavy atom. The van der Waals surface area contributed by atoms with Crippen LogP contribution in [0.5, 0.6) is 0 Å². The number of amides is 1. The molecule has 6 heteroatoms. The van der Waals surface area contributed by atoms with Crippen LogP contribution in [0.4, 0.5) is 0 Å². The molecule has 0 spiro atoms. The maximum atomic E-state index is 10.8. The molecular weight excluding hydrogens is 374 g/mol. The van der Waals surface area contributed by atoms with Gasteiger partial charge in [-0.05, 0) is 63.7 Å². The van der Waals surface area contributed by atoms with Crippen molar-refractivity contribution in [3.63, 3.8) is 0 Å². The van der Waals surface area contributed by atoms with Gasteiger partial charge in [0.15, 0.2) is 0 Å². The molecule has 0 bridgehead atoms. The second-order valence-electron chi connectivity index (χ2n) is 7.88. The van der Waals surface area contributed by atoms with E-state index in [0.29, 0.717) is 38.5 Å². The Balaban J connectivity index is 1.92. The summed E-state index contributed by atoms with van der Waals surface area (Å²) in [5, 5.41) is 31.0. The van der Waals surface area contributed by atoms with E-state index in [1.807, 2.05) is 12.2 Å². The van der Waals surface area contributed by atoms with Crippen molar-refractivity contribution in [2.45, 2.75) is 76.9 Å². The number of hydrogen-bond donors (Lipinski definition) is 4. The highest BCUT2D eigenvalue weighted by molar-refractivity contribution is 7.11.